The molecule has 0 aromatic heterocycles. The van der Waals surface area contributed by atoms with Crippen molar-refractivity contribution in [3.8, 4) is 0 Å². The van der Waals surface area contributed by atoms with Crippen molar-refractivity contribution in [3.63, 3.8) is 0 Å². The van der Waals surface area contributed by atoms with Gasteiger partial charge in [-0.1, -0.05) is 39.2 Å². The van der Waals surface area contributed by atoms with Gasteiger partial charge in [-0.15, -0.1) is 35.0 Å². The van der Waals surface area contributed by atoms with Crippen molar-refractivity contribution in [2.75, 3.05) is 0 Å². The first-order valence-electron chi connectivity index (χ1n) is 8.44. The number of rotatable bonds is 0. The summed E-state index contributed by atoms with van der Waals surface area (Å²) in [5.41, 5.74) is 3.11. The molecule has 0 nitrogen and oxygen atoms in total. The number of fused-ring (bicyclic) bond motifs is 1. The quantitative estimate of drug-likeness (QED) is 0.305. The molecule has 0 bridgehead atoms. The van der Waals surface area contributed by atoms with Crippen LogP contribution in [-0.2, 0) is 24.3 Å². The second-order valence-electron chi connectivity index (χ2n) is 7.29. The molecule has 0 amide bonds. The summed E-state index contributed by atoms with van der Waals surface area (Å²) < 4.78 is 1.24. The maximum Gasteiger partial charge on any atom is -0.0809 e. The standard InChI is InChI=1S/C10H9.C9H13.C3H6.2ClH.Zr/c1-8-6-7-9-4-2-3-5-10(8)9;1-9(2,3)8-6-4-5-7-8;1-3-2;;;/h2-7H,1H3;4-7H,1-3H3;1-2H3;2*1H;/q2*-1;;;;+2/p-2. The first-order chi connectivity index (χ1) is 11.6. The van der Waals surface area contributed by atoms with E-state index in [9.17, 15) is 0 Å². The largest absolute Gasteiger partial charge is 0.156 e. The van der Waals surface area contributed by atoms with Gasteiger partial charge in [0, 0.05) is 0 Å². The zero-order valence-electron chi connectivity index (χ0n) is 16.0. The minimum atomic E-state index is -1.84. The van der Waals surface area contributed by atoms with E-state index in [1.165, 1.54) is 25.1 Å². The third-order valence-electron chi connectivity index (χ3n) is 3.81. The Morgan fingerprint density at radius 1 is 1.00 bits per heavy atom. The van der Waals surface area contributed by atoms with E-state index in [4.69, 9.17) is 17.0 Å². The molecule has 0 saturated heterocycles. The van der Waals surface area contributed by atoms with Gasteiger partial charge in [0.15, 0.2) is 0 Å². The molecule has 0 aliphatic carbocycles. The van der Waals surface area contributed by atoms with E-state index >= 15 is 0 Å². The van der Waals surface area contributed by atoms with E-state index in [-0.39, 0.29) is 0 Å². The summed E-state index contributed by atoms with van der Waals surface area (Å²) in [6.45, 7) is 12.8. The average Bonchev–Trinajstić information content (AvgIpc) is 3.19. The summed E-state index contributed by atoms with van der Waals surface area (Å²) in [7, 11) is 11.1. The van der Waals surface area contributed by atoms with E-state index in [2.05, 4.69) is 88.4 Å². The normalized spacial score (nSPS) is 10.4. The fraction of sp³-hybridized carbons (Fsp3) is 0.318. The van der Waals surface area contributed by atoms with Gasteiger partial charge in [0.05, 0.1) is 0 Å². The topological polar surface area (TPSA) is 0 Å². The van der Waals surface area contributed by atoms with Crippen LogP contribution in [0.25, 0.3) is 10.8 Å². The Morgan fingerprint density at radius 3 is 2.00 bits per heavy atom. The number of aryl methyl sites for hydroxylation is 1. The zero-order chi connectivity index (χ0) is 19.0. The molecular weight excluding hydrogens is 426 g/mol. The Hall–Kier alpha value is -0.487. The van der Waals surface area contributed by atoms with Gasteiger partial charge in [0.2, 0.25) is 0 Å². The van der Waals surface area contributed by atoms with E-state index in [0.29, 0.717) is 5.41 Å². The Morgan fingerprint density at radius 2 is 1.60 bits per heavy atom. The first kappa shape index (κ1) is 22.6. The van der Waals surface area contributed by atoms with Crippen molar-refractivity contribution in [2.45, 2.75) is 47.0 Å². The molecule has 3 heteroatoms. The maximum absolute atomic E-state index is 5.54. The van der Waals surface area contributed by atoms with Crippen LogP contribution in [0.4, 0.5) is 0 Å². The summed E-state index contributed by atoms with van der Waals surface area (Å²) in [4.78, 5) is 0. The first-order valence-corrected chi connectivity index (χ1v) is 16.0. The van der Waals surface area contributed by atoms with Crippen molar-refractivity contribution in [1.29, 1.82) is 0 Å². The van der Waals surface area contributed by atoms with Crippen LogP contribution < -0.4 is 0 Å². The monoisotopic (exact) mass is 452 g/mol. The minimum Gasteiger partial charge on any atom is -0.156 e. The van der Waals surface area contributed by atoms with E-state index in [1.54, 1.807) is 0 Å². The Bertz CT molecular complexity index is 769. The second kappa shape index (κ2) is 10.6. The van der Waals surface area contributed by atoms with Crippen LogP contribution in [0, 0.1) is 6.92 Å². The molecule has 0 unspecified atom stereocenters. The third-order valence-corrected chi connectivity index (χ3v) is 10.1. The van der Waals surface area contributed by atoms with Gasteiger partial charge in [-0.3, -0.25) is 0 Å². The molecule has 0 fully saturated rings. The fourth-order valence-electron chi connectivity index (χ4n) is 2.18. The van der Waals surface area contributed by atoms with Crippen LogP contribution >= 0.6 is 17.0 Å². The van der Waals surface area contributed by atoms with Crippen molar-refractivity contribution >= 4 is 31.0 Å². The molecule has 0 heterocycles. The summed E-state index contributed by atoms with van der Waals surface area (Å²) >= 11 is -1.84. The second-order valence-corrected chi connectivity index (χ2v) is 16.6. The molecular formula is C22H28Cl2Zr-2. The van der Waals surface area contributed by atoms with Crippen LogP contribution in [0.3, 0.4) is 0 Å². The number of halogens is 2. The molecule has 0 radical (unpaired) electrons. The number of hydrogen-bond acceptors (Lipinski definition) is 0. The van der Waals surface area contributed by atoms with Crippen LogP contribution in [-0.4, -0.2) is 3.21 Å². The molecule has 0 saturated carbocycles. The fourth-order valence-corrected chi connectivity index (χ4v) is 2.18. The smallest absolute Gasteiger partial charge is 0.0809 e. The summed E-state index contributed by atoms with van der Waals surface area (Å²) in [5.74, 6) is 0. The van der Waals surface area contributed by atoms with Gasteiger partial charge in [-0.2, -0.15) is 35.4 Å². The van der Waals surface area contributed by atoms with Crippen LogP contribution in [0.15, 0.2) is 60.7 Å². The molecule has 0 spiro atoms. The molecule has 0 atom stereocenters. The van der Waals surface area contributed by atoms with Crippen LogP contribution in [0.5, 0.6) is 0 Å². The van der Waals surface area contributed by atoms with Gasteiger partial charge in [-0.25, -0.2) is 6.07 Å². The zero-order valence-corrected chi connectivity index (χ0v) is 20.0. The molecule has 0 N–H and O–H groups in total. The number of benzene rings is 1. The van der Waals surface area contributed by atoms with Crippen LogP contribution in [0.1, 0.15) is 45.7 Å². The van der Waals surface area contributed by atoms with Crippen molar-refractivity contribution in [2.24, 2.45) is 0 Å². The number of hydrogen-bond donors (Lipinski definition) is 0. The average molecular weight is 455 g/mol. The van der Waals surface area contributed by atoms with Gasteiger partial charge < -0.3 is 0 Å². The van der Waals surface area contributed by atoms with E-state index < -0.39 is 18.9 Å². The van der Waals surface area contributed by atoms with E-state index in [1.807, 2.05) is 13.8 Å². The van der Waals surface area contributed by atoms with Gasteiger partial charge >= 0.3 is 53.0 Å². The Kier molecular flexibility index (Phi) is 9.57. The van der Waals surface area contributed by atoms with Crippen molar-refractivity contribution in [3.05, 3.63) is 71.8 Å². The predicted molar refractivity (Wildman–Crippen MR) is 113 cm³/mol. The maximum atomic E-state index is 5.54. The summed E-state index contributed by atoms with van der Waals surface area (Å²) in [6, 6.07) is 21.3. The molecule has 136 valence electrons. The molecule has 25 heavy (non-hydrogen) atoms. The van der Waals surface area contributed by atoms with Gasteiger partial charge in [-0.05, 0) is 0 Å². The van der Waals surface area contributed by atoms with Crippen molar-refractivity contribution < 1.29 is 18.9 Å². The predicted octanol–water partition coefficient (Wildman–Crippen LogP) is 7.69. The molecule has 0 aliphatic heterocycles. The molecule has 3 aromatic rings. The van der Waals surface area contributed by atoms with Gasteiger partial charge in [0.25, 0.3) is 0 Å². The molecule has 0 aliphatic rings. The SMILES string of the molecule is CC(C)(C)c1cc[cH-]c1.C[C](C)=[Zr]([Cl])[Cl].Cc1c[cH-]c2ccccc12. The van der Waals surface area contributed by atoms with Crippen molar-refractivity contribution in [1.82, 2.24) is 0 Å². The molecule has 3 aromatic carbocycles. The summed E-state index contributed by atoms with van der Waals surface area (Å²) in [6.07, 6.45) is 0. The third kappa shape index (κ3) is 8.16. The summed E-state index contributed by atoms with van der Waals surface area (Å²) in [5, 5.41) is 2.72. The van der Waals surface area contributed by atoms with Gasteiger partial charge in [0.1, 0.15) is 0 Å². The Balaban J connectivity index is 0.000000195. The van der Waals surface area contributed by atoms with E-state index in [0.717, 1.165) is 0 Å². The van der Waals surface area contributed by atoms with Crippen LogP contribution in [0.2, 0.25) is 0 Å². The molecule has 3 rings (SSSR count). The Labute approximate surface area is 167 Å². The minimum absolute atomic E-state index is 0.323.